The molecule has 0 N–H and O–H groups in total. The molecule has 7 aromatic carbocycles. The Labute approximate surface area is 389 Å². The SMILES string of the molecule is Cc1ccc2c(c1)c1c(n2-c2c(C#N)c(-c3ccc4c(c3)c3ccccc3n4-c3ccccc3)c(C#N)c(-n3c4ccc(C)cc4c4cc(C)ccc43)c2C2=CCC(C#N)C=C2)C=CC(C)C1. The van der Waals surface area contributed by atoms with E-state index in [1.807, 2.05) is 18.2 Å². The average molecular weight is 861 g/mol. The summed E-state index contributed by atoms with van der Waals surface area (Å²) in [5, 5.41) is 39.6. The molecule has 0 radical (unpaired) electrons. The quantitative estimate of drug-likeness (QED) is 0.173. The maximum Gasteiger partial charge on any atom is 0.102 e. The number of hydrogen-bond donors (Lipinski definition) is 0. The highest BCUT2D eigenvalue weighted by atomic mass is 15.0. The average Bonchev–Trinajstić information content (AvgIpc) is 3.97. The highest BCUT2D eigenvalue weighted by Gasteiger charge is 2.34. The lowest BCUT2D eigenvalue weighted by atomic mass is 9.84. The minimum absolute atomic E-state index is 0.294. The van der Waals surface area contributed by atoms with Crippen LogP contribution in [0.1, 0.15) is 58.0 Å². The van der Waals surface area contributed by atoms with E-state index in [2.05, 4.69) is 199 Å². The Hall–Kier alpha value is -8.63. The van der Waals surface area contributed by atoms with Gasteiger partial charge in [0.05, 0.1) is 62.1 Å². The summed E-state index contributed by atoms with van der Waals surface area (Å²) in [5.41, 5.74) is 17.0. The molecule has 2 atom stereocenters. The second kappa shape index (κ2) is 15.2. The zero-order valence-corrected chi connectivity index (χ0v) is 37.8. The van der Waals surface area contributed by atoms with Gasteiger partial charge in [0.15, 0.2) is 0 Å². The highest BCUT2D eigenvalue weighted by Crippen LogP contribution is 2.49. The largest absolute Gasteiger partial charge is 0.309 e. The van der Waals surface area contributed by atoms with E-state index < -0.39 is 0 Å². The van der Waals surface area contributed by atoms with Crippen molar-refractivity contribution in [2.24, 2.45) is 11.8 Å². The van der Waals surface area contributed by atoms with Gasteiger partial charge in [-0.15, -0.1) is 0 Å². The molecule has 12 rings (SSSR count). The Morgan fingerprint density at radius 2 is 1.09 bits per heavy atom. The van der Waals surface area contributed by atoms with Crippen molar-refractivity contribution in [1.29, 1.82) is 15.8 Å². The molecular weight excluding hydrogens is 817 g/mol. The van der Waals surface area contributed by atoms with Crippen molar-refractivity contribution >= 4 is 66.2 Å². The zero-order chi connectivity index (χ0) is 45.7. The number of aryl methyl sites for hydroxylation is 3. The first kappa shape index (κ1) is 39.9. The van der Waals surface area contributed by atoms with Crippen LogP contribution in [0.25, 0.3) is 94.4 Å². The lowest BCUT2D eigenvalue weighted by molar-refractivity contribution is 0.717. The van der Waals surface area contributed by atoms with Gasteiger partial charge in [-0.1, -0.05) is 109 Å². The van der Waals surface area contributed by atoms with E-state index in [1.165, 1.54) is 5.56 Å². The number of rotatable bonds is 5. The first-order chi connectivity index (χ1) is 32.8. The van der Waals surface area contributed by atoms with Gasteiger partial charge in [0.2, 0.25) is 0 Å². The van der Waals surface area contributed by atoms with Gasteiger partial charge in [-0.05, 0) is 129 Å². The minimum Gasteiger partial charge on any atom is -0.309 e. The van der Waals surface area contributed by atoms with Crippen LogP contribution >= 0.6 is 0 Å². The Bertz CT molecular complexity index is 3950. The van der Waals surface area contributed by atoms with Crippen molar-refractivity contribution < 1.29 is 0 Å². The number of allylic oxidation sites excluding steroid dienone is 5. The summed E-state index contributed by atoms with van der Waals surface area (Å²) >= 11 is 0. The molecule has 0 aliphatic heterocycles. The fraction of sp³-hybridized carbons (Fsp3) is 0.131. The van der Waals surface area contributed by atoms with E-state index in [-0.39, 0.29) is 5.92 Å². The molecule has 0 spiro atoms. The lowest BCUT2D eigenvalue weighted by Gasteiger charge is -2.27. The van der Waals surface area contributed by atoms with Crippen molar-refractivity contribution in [3.05, 3.63) is 196 Å². The van der Waals surface area contributed by atoms with Crippen molar-refractivity contribution in [3.63, 3.8) is 0 Å². The second-order valence-corrected chi connectivity index (χ2v) is 18.5. The van der Waals surface area contributed by atoms with E-state index in [0.717, 1.165) is 106 Å². The van der Waals surface area contributed by atoms with Gasteiger partial charge in [0.1, 0.15) is 12.1 Å². The molecule has 3 aromatic heterocycles. The summed E-state index contributed by atoms with van der Waals surface area (Å²) in [7, 11) is 0. The summed E-state index contributed by atoms with van der Waals surface area (Å²) in [6, 6.07) is 53.0. The molecule has 2 aliphatic carbocycles. The van der Waals surface area contributed by atoms with Crippen LogP contribution in [0, 0.1) is 66.6 Å². The van der Waals surface area contributed by atoms with E-state index in [1.54, 1.807) is 0 Å². The number of fused-ring (bicyclic) bond motifs is 9. The smallest absolute Gasteiger partial charge is 0.102 e. The normalized spacial score (nSPS) is 15.6. The first-order valence-electron chi connectivity index (χ1n) is 23.0. The Morgan fingerprint density at radius 3 is 1.73 bits per heavy atom. The van der Waals surface area contributed by atoms with Gasteiger partial charge >= 0.3 is 0 Å². The van der Waals surface area contributed by atoms with Gasteiger partial charge in [-0.25, -0.2) is 0 Å². The molecule has 6 nitrogen and oxygen atoms in total. The van der Waals surface area contributed by atoms with E-state index in [4.69, 9.17) is 0 Å². The number of hydrogen-bond acceptors (Lipinski definition) is 3. The lowest BCUT2D eigenvalue weighted by Crippen LogP contribution is -2.15. The molecule has 0 amide bonds. The standard InChI is InChI=1S/C61H44N6/c1-36-14-23-54-45(28-36)46-29-37(2)15-24-55(46)66(54)60-50(34-63)58(42-22-27-53-49(32-42)44-12-8-9-13-52(44)65(53)43-10-6-5-7-11-43)51(35-64)61(59(60)41-20-18-40(33-62)19-21-41)67-56-25-16-38(3)30-47(56)48-31-39(4)17-26-57(48)67/h5-18,20-30,32,39-40H,19,31H2,1-4H3. The molecule has 0 bridgehead atoms. The number of nitrogens with zero attached hydrogens (tertiary/aromatic N) is 6. The Morgan fingerprint density at radius 1 is 0.522 bits per heavy atom. The molecular formula is C61H44N6. The summed E-state index contributed by atoms with van der Waals surface area (Å²) in [6.45, 7) is 8.62. The van der Waals surface area contributed by atoms with Crippen LogP contribution in [0.5, 0.6) is 0 Å². The monoisotopic (exact) mass is 860 g/mol. The minimum atomic E-state index is -0.294. The van der Waals surface area contributed by atoms with Crippen LogP contribution < -0.4 is 0 Å². The van der Waals surface area contributed by atoms with Crippen LogP contribution in [-0.2, 0) is 6.42 Å². The summed E-state index contributed by atoms with van der Waals surface area (Å²) in [5.74, 6) is 0.0347. The third-order valence-electron chi connectivity index (χ3n) is 14.1. The summed E-state index contributed by atoms with van der Waals surface area (Å²) in [4.78, 5) is 0. The van der Waals surface area contributed by atoms with Crippen molar-refractivity contribution in [1.82, 2.24) is 13.7 Å². The molecule has 67 heavy (non-hydrogen) atoms. The maximum atomic E-state index is 12.0. The van der Waals surface area contributed by atoms with Crippen LogP contribution in [0.3, 0.4) is 0 Å². The Balaban J connectivity index is 1.32. The van der Waals surface area contributed by atoms with Crippen molar-refractivity contribution in [2.75, 3.05) is 0 Å². The van der Waals surface area contributed by atoms with Gasteiger partial charge < -0.3 is 13.7 Å². The van der Waals surface area contributed by atoms with Gasteiger partial charge in [0, 0.05) is 49.4 Å². The van der Waals surface area contributed by atoms with Crippen LogP contribution in [0.15, 0.2) is 152 Å². The molecule has 3 heterocycles. The summed E-state index contributed by atoms with van der Waals surface area (Å²) < 4.78 is 6.87. The fourth-order valence-electron chi connectivity index (χ4n) is 11.1. The van der Waals surface area contributed by atoms with E-state index in [9.17, 15) is 15.8 Å². The predicted molar refractivity (Wildman–Crippen MR) is 274 cm³/mol. The van der Waals surface area contributed by atoms with Gasteiger partial charge in [-0.2, -0.15) is 15.8 Å². The van der Waals surface area contributed by atoms with Gasteiger partial charge in [-0.3, -0.25) is 0 Å². The van der Waals surface area contributed by atoms with Crippen LogP contribution in [0.2, 0.25) is 0 Å². The molecule has 318 valence electrons. The van der Waals surface area contributed by atoms with Crippen molar-refractivity contribution in [3.8, 4) is 46.4 Å². The molecule has 0 saturated carbocycles. The van der Waals surface area contributed by atoms with Gasteiger partial charge in [0.25, 0.3) is 0 Å². The Kier molecular flexibility index (Phi) is 9.08. The third-order valence-corrected chi connectivity index (χ3v) is 14.1. The molecule has 0 saturated heterocycles. The summed E-state index contributed by atoms with van der Waals surface area (Å²) in [6.07, 6.45) is 12.0. The van der Waals surface area contributed by atoms with E-state index >= 15 is 0 Å². The number of para-hydroxylation sites is 2. The predicted octanol–water partition coefficient (Wildman–Crippen LogP) is 14.8. The first-order valence-corrected chi connectivity index (χ1v) is 23.0. The number of benzene rings is 7. The van der Waals surface area contributed by atoms with Crippen molar-refractivity contribution in [2.45, 2.75) is 40.5 Å². The molecule has 2 aliphatic rings. The third kappa shape index (κ3) is 5.99. The number of aromatic nitrogens is 3. The molecule has 0 fully saturated rings. The van der Waals surface area contributed by atoms with Crippen LogP contribution in [0.4, 0.5) is 0 Å². The fourth-order valence-corrected chi connectivity index (χ4v) is 11.1. The maximum absolute atomic E-state index is 12.0. The molecule has 6 heteroatoms. The second-order valence-electron chi connectivity index (χ2n) is 18.5. The molecule has 10 aromatic rings. The van der Waals surface area contributed by atoms with Crippen LogP contribution in [-0.4, -0.2) is 13.7 Å². The number of nitriles is 3. The zero-order valence-electron chi connectivity index (χ0n) is 37.8. The molecule has 2 unspecified atom stereocenters. The van der Waals surface area contributed by atoms with E-state index in [0.29, 0.717) is 40.4 Å². The highest BCUT2D eigenvalue weighted by molar-refractivity contribution is 6.13. The topological polar surface area (TPSA) is 86.2 Å².